The van der Waals surface area contributed by atoms with Crippen LogP contribution in [0.3, 0.4) is 0 Å². The molecule has 1 aromatic carbocycles. The molecule has 0 atom stereocenters. The highest BCUT2D eigenvalue weighted by atomic mass is 14.7. The Bertz CT molecular complexity index is 503. The molecule has 1 aromatic heterocycles. The van der Waals surface area contributed by atoms with Gasteiger partial charge in [0.2, 0.25) is 0 Å². The van der Waals surface area contributed by atoms with Crippen LogP contribution >= 0.6 is 0 Å². The minimum absolute atomic E-state index is 0.00542. The zero-order chi connectivity index (χ0) is 11.1. The summed E-state index contributed by atoms with van der Waals surface area (Å²) in [4.78, 5) is 3.48. The van der Waals surface area contributed by atoms with E-state index in [1.54, 1.807) is 0 Å². The number of para-hydroxylation sites is 1. The predicted octanol–water partition coefficient (Wildman–Crippen LogP) is 3.94. The first kappa shape index (κ1) is 10.0. The van der Waals surface area contributed by atoms with Crippen LogP contribution in [0.1, 0.15) is 25.1 Å². The predicted molar refractivity (Wildman–Crippen MR) is 66.3 cm³/mol. The summed E-state index contributed by atoms with van der Waals surface area (Å²) in [6.45, 7) is 10.3. The van der Waals surface area contributed by atoms with Gasteiger partial charge in [0.05, 0.1) is 0 Å². The summed E-state index contributed by atoms with van der Waals surface area (Å²) in [5.74, 6) is 0. The van der Waals surface area contributed by atoms with Crippen molar-refractivity contribution in [2.24, 2.45) is 0 Å². The van der Waals surface area contributed by atoms with Crippen molar-refractivity contribution in [2.45, 2.75) is 26.2 Å². The first-order valence-electron chi connectivity index (χ1n) is 5.27. The third kappa shape index (κ3) is 1.58. The van der Waals surface area contributed by atoms with Crippen molar-refractivity contribution in [3.05, 3.63) is 48.2 Å². The summed E-state index contributed by atoms with van der Waals surface area (Å²) in [5, 5.41) is 1.28. The van der Waals surface area contributed by atoms with Gasteiger partial charge in [-0.25, -0.2) is 0 Å². The fraction of sp³-hybridized carbons (Fsp3) is 0.286. The fourth-order valence-corrected chi connectivity index (χ4v) is 1.76. The first-order valence-corrected chi connectivity index (χ1v) is 5.27. The van der Waals surface area contributed by atoms with Crippen LogP contribution in [0.25, 0.3) is 10.9 Å². The molecule has 0 amide bonds. The number of hydrogen-bond acceptors (Lipinski definition) is 0. The lowest BCUT2D eigenvalue weighted by molar-refractivity contribution is 0.652. The molecule has 2 rings (SSSR count). The van der Waals surface area contributed by atoms with Crippen molar-refractivity contribution in [3.8, 4) is 0 Å². The second kappa shape index (κ2) is 3.27. The molecule has 2 aromatic rings. The summed E-state index contributed by atoms with van der Waals surface area (Å²) in [6.07, 6.45) is 1.98. The van der Waals surface area contributed by atoms with Gasteiger partial charge in [-0.05, 0) is 23.9 Å². The fourth-order valence-electron chi connectivity index (χ4n) is 1.76. The number of aromatic nitrogens is 1. The highest BCUT2D eigenvalue weighted by Gasteiger charge is 2.18. The summed E-state index contributed by atoms with van der Waals surface area (Å²) in [6, 6.07) is 8.57. The first-order chi connectivity index (χ1) is 7.04. The van der Waals surface area contributed by atoms with Gasteiger partial charge in [0.1, 0.15) is 0 Å². The van der Waals surface area contributed by atoms with Crippen molar-refractivity contribution in [2.75, 3.05) is 0 Å². The smallest absolute Gasteiger partial charge is 0.0486 e. The van der Waals surface area contributed by atoms with Crippen LogP contribution in [0.2, 0.25) is 0 Å². The van der Waals surface area contributed by atoms with E-state index in [4.69, 9.17) is 0 Å². The van der Waals surface area contributed by atoms with E-state index in [1.165, 1.54) is 22.2 Å². The van der Waals surface area contributed by atoms with Crippen LogP contribution in [0.4, 0.5) is 0 Å². The number of rotatable bonds is 2. The number of fused-ring (bicyclic) bond motifs is 1. The number of aryl methyl sites for hydroxylation is 1. The van der Waals surface area contributed by atoms with Gasteiger partial charge < -0.3 is 4.98 Å². The molecule has 0 saturated carbocycles. The Kier molecular flexibility index (Phi) is 2.18. The largest absolute Gasteiger partial charge is 0.357 e. The second-order valence-corrected chi connectivity index (χ2v) is 4.65. The van der Waals surface area contributed by atoms with E-state index in [1.807, 2.05) is 6.08 Å². The topological polar surface area (TPSA) is 15.8 Å². The second-order valence-electron chi connectivity index (χ2n) is 4.65. The van der Waals surface area contributed by atoms with Gasteiger partial charge in [-0.1, -0.05) is 38.1 Å². The molecule has 0 unspecified atom stereocenters. The van der Waals surface area contributed by atoms with Crippen LogP contribution in [0.15, 0.2) is 36.9 Å². The molecular weight excluding hydrogens is 182 g/mol. The van der Waals surface area contributed by atoms with Gasteiger partial charge in [0.25, 0.3) is 0 Å². The van der Waals surface area contributed by atoms with Crippen molar-refractivity contribution in [1.29, 1.82) is 0 Å². The number of nitrogens with one attached hydrogen (secondary N) is 1. The maximum atomic E-state index is 3.88. The van der Waals surface area contributed by atoms with Gasteiger partial charge in [0.15, 0.2) is 0 Å². The van der Waals surface area contributed by atoms with Crippen LogP contribution in [-0.4, -0.2) is 4.98 Å². The van der Waals surface area contributed by atoms with Gasteiger partial charge in [-0.3, -0.25) is 0 Å². The number of allylic oxidation sites excluding steroid dienone is 1. The number of hydrogen-bond donors (Lipinski definition) is 1. The van der Waals surface area contributed by atoms with Crippen molar-refractivity contribution >= 4 is 10.9 Å². The summed E-state index contributed by atoms with van der Waals surface area (Å²) in [5.41, 5.74) is 3.76. The normalized spacial score (nSPS) is 11.9. The van der Waals surface area contributed by atoms with Gasteiger partial charge in [0, 0.05) is 16.6 Å². The molecule has 1 N–H and O–H groups in total. The van der Waals surface area contributed by atoms with E-state index in [0.29, 0.717) is 0 Å². The maximum absolute atomic E-state index is 3.88. The van der Waals surface area contributed by atoms with E-state index >= 15 is 0 Å². The Morgan fingerprint density at radius 1 is 1.33 bits per heavy atom. The quantitative estimate of drug-likeness (QED) is 0.705. The molecule has 0 aliphatic carbocycles. The van der Waals surface area contributed by atoms with E-state index in [9.17, 15) is 0 Å². The number of H-pyrrole nitrogens is 1. The monoisotopic (exact) mass is 199 g/mol. The molecule has 0 radical (unpaired) electrons. The summed E-state index contributed by atoms with van der Waals surface area (Å²) < 4.78 is 0. The lowest BCUT2D eigenvalue weighted by atomic mass is 9.90. The molecular formula is C14H17N. The van der Waals surface area contributed by atoms with Crippen LogP contribution in [0.5, 0.6) is 0 Å². The van der Waals surface area contributed by atoms with Gasteiger partial charge in [-0.2, -0.15) is 0 Å². The minimum atomic E-state index is 0.00542. The molecule has 0 saturated heterocycles. The third-order valence-corrected chi connectivity index (χ3v) is 3.07. The Labute approximate surface area is 90.8 Å². The Morgan fingerprint density at radius 2 is 2.07 bits per heavy atom. The average molecular weight is 199 g/mol. The molecule has 1 heterocycles. The lowest BCUT2D eigenvalue weighted by Crippen LogP contribution is -2.12. The molecule has 1 heteroatoms. The molecule has 0 bridgehead atoms. The Morgan fingerprint density at radius 3 is 2.67 bits per heavy atom. The zero-order valence-electron chi connectivity index (χ0n) is 9.59. The lowest BCUT2D eigenvalue weighted by Gasteiger charge is -2.17. The molecule has 0 aliphatic heterocycles. The third-order valence-electron chi connectivity index (χ3n) is 3.07. The van der Waals surface area contributed by atoms with Crippen LogP contribution < -0.4 is 0 Å². The molecule has 78 valence electrons. The maximum Gasteiger partial charge on any atom is 0.0486 e. The van der Waals surface area contributed by atoms with Crippen molar-refractivity contribution in [1.82, 2.24) is 4.98 Å². The highest BCUT2D eigenvalue weighted by Crippen LogP contribution is 2.28. The van der Waals surface area contributed by atoms with Gasteiger partial charge in [-0.15, -0.1) is 6.58 Å². The van der Waals surface area contributed by atoms with E-state index < -0.39 is 0 Å². The number of benzene rings is 1. The van der Waals surface area contributed by atoms with E-state index in [0.717, 1.165) is 0 Å². The Balaban J connectivity index is 2.67. The minimum Gasteiger partial charge on any atom is -0.357 e. The highest BCUT2D eigenvalue weighted by molar-refractivity contribution is 5.83. The Hall–Kier alpha value is -1.50. The van der Waals surface area contributed by atoms with Gasteiger partial charge >= 0.3 is 0 Å². The molecule has 0 spiro atoms. The molecule has 0 fully saturated rings. The van der Waals surface area contributed by atoms with E-state index in [2.05, 4.69) is 56.6 Å². The van der Waals surface area contributed by atoms with E-state index in [-0.39, 0.29) is 5.41 Å². The molecule has 1 nitrogen and oxygen atoms in total. The molecule has 15 heavy (non-hydrogen) atoms. The summed E-state index contributed by atoms with van der Waals surface area (Å²) in [7, 11) is 0. The van der Waals surface area contributed by atoms with Crippen molar-refractivity contribution < 1.29 is 0 Å². The van der Waals surface area contributed by atoms with Crippen LogP contribution in [0, 0.1) is 6.92 Å². The molecule has 0 aliphatic rings. The summed E-state index contributed by atoms with van der Waals surface area (Å²) >= 11 is 0. The average Bonchev–Trinajstić information content (AvgIpc) is 2.64. The van der Waals surface area contributed by atoms with Crippen LogP contribution in [-0.2, 0) is 5.41 Å². The standard InChI is InChI=1S/C14H17N/c1-5-14(3,4)12-9-11-8-6-7-10(2)13(11)15-12/h5-9,15H,1H2,2-4H3. The SMILES string of the molecule is C=CC(C)(C)c1cc2cccc(C)c2[nH]1. The van der Waals surface area contributed by atoms with Crippen molar-refractivity contribution in [3.63, 3.8) is 0 Å². The zero-order valence-corrected chi connectivity index (χ0v) is 9.59. The number of aromatic amines is 1.